The van der Waals surface area contributed by atoms with Crippen LogP contribution in [0.2, 0.25) is 0 Å². The van der Waals surface area contributed by atoms with Crippen LogP contribution in [0.3, 0.4) is 0 Å². The van der Waals surface area contributed by atoms with Crippen LogP contribution in [0.4, 0.5) is 0 Å². The van der Waals surface area contributed by atoms with Gasteiger partial charge in [-0.2, -0.15) is 0 Å². The second-order valence-corrected chi connectivity index (χ2v) is 5.45. The molecule has 26 heavy (non-hydrogen) atoms. The SMILES string of the molecule is COC(=O)/C=C/[C@H](c1c(OC)cc(OC)cc1OC)[C@@H](C)OC(=O)CCl. The van der Waals surface area contributed by atoms with Crippen LogP contribution in [0.25, 0.3) is 0 Å². The van der Waals surface area contributed by atoms with E-state index in [0.717, 1.165) is 0 Å². The highest BCUT2D eigenvalue weighted by Crippen LogP contribution is 2.41. The van der Waals surface area contributed by atoms with Gasteiger partial charge in [-0.1, -0.05) is 6.08 Å². The number of methoxy groups -OCH3 is 4. The fourth-order valence-electron chi connectivity index (χ4n) is 2.41. The van der Waals surface area contributed by atoms with Crippen molar-refractivity contribution in [3.8, 4) is 17.2 Å². The molecule has 0 amide bonds. The van der Waals surface area contributed by atoms with Crippen LogP contribution in [0, 0.1) is 0 Å². The van der Waals surface area contributed by atoms with E-state index in [1.54, 1.807) is 25.1 Å². The van der Waals surface area contributed by atoms with Gasteiger partial charge in [-0.25, -0.2) is 4.79 Å². The molecular weight excluding hydrogens is 364 g/mol. The number of benzene rings is 1. The summed E-state index contributed by atoms with van der Waals surface area (Å²) in [6.07, 6.45) is 2.15. The van der Waals surface area contributed by atoms with E-state index in [-0.39, 0.29) is 5.88 Å². The average molecular weight is 387 g/mol. The topological polar surface area (TPSA) is 80.3 Å². The van der Waals surface area contributed by atoms with Gasteiger partial charge in [0.2, 0.25) is 0 Å². The Bertz CT molecular complexity index is 632. The lowest BCUT2D eigenvalue weighted by atomic mass is 9.91. The van der Waals surface area contributed by atoms with Crippen molar-refractivity contribution in [2.75, 3.05) is 34.3 Å². The molecule has 0 fully saturated rings. The molecule has 0 saturated carbocycles. The fraction of sp³-hybridized carbons (Fsp3) is 0.444. The molecule has 2 atom stereocenters. The van der Waals surface area contributed by atoms with E-state index in [2.05, 4.69) is 4.74 Å². The summed E-state index contributed by atoms with van der Waals surface area (Å²) < 4.78 is 26.1. The molecule has 8 heteroatoms. The summed E-state index contributed by atoms with van der Waals surface area (Å²) >= 11 is 5.52. The first-order valence-corrected chi connectivity index (χ1v) is 8.26. The molecule has 144 valence electrons. The zero-order chi connectivity index (χ0) is 19.7. The number of carbonyl (C=O) groups is 2. The smallest absolute Gasteiger partial charge is 0.330 e. The Hall–Kier alpha value is -2.41. The molecule has 1 aromatic rings. The molecule has 0 heterocycles. The van der Waals surface area contributed by atoms with Gasteiger partial charge in [0.1, 0.15) is 29.2 Å². The number of halogens is 1. The van der Waals surface area contributed by atoms with Gasteiger partial charge < -0.3 is 23.7 Å². The fourth-order valence-corrected chi connectivity index (χ4v) is 2.47. The maximum absolute atomic E-state index is 11.6. The van der Waals surface area contributed by atoms with E-state index in [1.165, 1.54) is 34.5 Å². The Morgan fingerprint density at radius 3 is 2.08 bits per heavy atom. The number of ether oxygens (including phenoxy) is 5. The number of hydrogen-bond acceptors (Lipinski definition) is 7. The van der Waals surface area contributed by atoms with Gasteiger partial charge >= 0.3 is 11.9 Å². The van der Waals surface area contributed by atoms with Gasteiger partial charge in [-0.3, -0.25) is 4.79 Å². The van der Waals surface area contributed by atoms with Crippen LogP contribution in [-0.4, -0.2) is 52.4 Å². The van der Waals surface area contributed by atoms with Crippen molar-refractivity contribution in [2.45, 2.75) is 18.9 Å². The van der Waals surface area contributed by atoms with Crippen molar-refractivity contribution in [3.05, 3.63) is 29.8 Å². The number of hydrogen-bond donors (Lipinski definition) is 0. The average Bonchev–Trinajstić information content (AvgIpc) is 2.66. The molecule has 0 bridgehead atoms. The van der Waals surface area contributed by atoms with Gasteiger partial charge in [-0.15, -0.1) is 11.6 Å². The van der Waals surface area contributed by atoms with Gasteiger partial charge in [0, 0.05) is 29.7 Å². The molecule has 0 spiro atoms. The van der Waals surface area contributed by atoms with Crippen LogP contribution >= 0.6 is 11.6 Å². The zero-order valence-corrected chi connectivity index (χ0v) is 16.2. The van der Waals surface area contributed by atoms with Crippen LogP contribution in [0.15, 0.2) is 24.3 Å². The first-order chi connectivity index (χ1) is 12.4. The second-order valence-electron chi connectivity index (χ2n) is 5.18. The summed E-state index contributed by atoms with van der Waals surface area (Å²) in [6.45, 7) is 1.68. The maximum Gasteiger partial charge on any atom is 0.330 e. The molecule has 0 saturated heterocycles. The third-order valence-corrected chi connectivity index (χ3v) is 3.88. The van der Waals surface area contributed by atoms with Crippen molar-refractivity contribution in [3.63, 3.8) is 0 Å². The van der Waals surface area contributed by atoms with Gasteiger partial charge in [0.15, 0.2) is 0 Å². The van der Waals surface area contributed by atoms with Crippen LogP contribution in [0.5, 0.6) is 17.2 Å². The molecule has 0 radical (unpaired) electrons. The molecule has 7 nitrogen and oxygen atoms in total. The van der Waals surface area contributed by atoms with Crippen molar-refractivity contribution < 1.29 is 33.3 Å². The lowest BCUT2D eigenvalue weighted by molar-refractivity contribution is -0.145. The van der Waals surface area contributed by atoms with Crippen LogP contribution < -0.4 is 14.2 Å². The third-order valence-electron chi connectivity index (χ3n) is 3.66. The van der Waals surface area contributed by atoms with Crippen molar-refractivity contribution in [2.24, 2.45) is 0 Å². The predicted octanol–water partition coefficient (Wildman–Crippen LogP) is 2.70. The van der Waals surface area contributed by atoms with Crippen molar-refractivity contribution >= 4 is 23.5 Å². The van der Waals surface area contributed by atoms with E-state index >= 15 is 0 Å². The molecule has 0 aliphatic rings. The number of alkyl halides is 1. The largest absolute Gasteiger partial charge is 0.496 e. The summed E-state index contributed by atoms with van der Waals surface area (Å²) in [5.74, 6) is -0.529. The van der Waals surface area contributed by atoms with Gasteiger partial charge in [0.05, 0.1) is 28.4 Å². The minimum atomic E-state index is -0.654. The Morgan fingerprint density at radius 2 is 1.65 bits per heavy atom. The number of carbonyl (C=O) groups excluding carboxylic acids is 2. The molecule has 0 aromatic heterocycles. The molecule has 0 N–H and O–H groups in total. The summed E-state index contributed by atoms with van der Waals surface area (Å²) in [5.41, 5.74) is 0.589. The first-order valence-electron chi connectivity index (χ1n) is 7.73. The number of rotatable bonds is 9. The van der Waals surface area contributed by atoms with Crippen molar-refractivity contribution in [1.29, 1.82) is 0 Å². The van der Waals surface area contributed by atoms with Crippen LogP contribution in [-0.2, 0) is 19.1 Å². The highest BCUT2D eigenvalue weighted by molar-refractivity contribution is 6.26. The quantitative estimate of drug-likeness (QED) is 0.366. The normalized spacial score (nSPS) is 13.0. The second kappa shape index (κ2) is 10.6. The van der Waals surface area contributed by atoms with E-state index < -0.39 is 24.0 Å². The zero-order valence-electron chi connectivity index (χ0n) is 15.4. The summed E-state index contributed by atoms with van der Waals surface area (Å²) in [6, 6.07) is 3.35. The van der Waals surface area contributed by atoms with E-state index in [9.17, 15) is 9.59 Å². The van der Waals surface area contributed by atoms with Crippen LogP contribution in [0.1, 0.15) is 18.4 Å². The Kier molecular flexibility index (Phi) is 8.78. The minimum absolute atomic E-state index is 0.283. The molecule has 0 aliphatic heterocycles. The minimum Gasteiger partial charge on any atom is -0.496 e. The van der Waals surface area contributed by atoms with Crippen molar-refractivity contribution in [1.82, 2.24) is 0 Å². The highest BCUT2D eigenvalue weighted by Gasteiger charge is 2.28. The van der Waals surface area contributed by atoms with E-state index in [0.29, 0.717) is 22.8 Å². The molecule has 1 aromatic carbocycles. The summed E-state index contributed by atoms with van der Waals surface area (Å²) in [4.78, 5) is 23.1. The Labute approximate surface area is 157 Å². The van der Waals surface area contributed by atoms with Gasteiger partial charge in [-0.05, 0) is 6.92 Å². The predicted molar refractivity (Wildman–Crippen MR) is 96.3 cm³/mol. The Morgan fingerprint density at radius 1 is 1.08 bits per heavy atom. The monoisotopic (exact) mass is 386 g/mol. The molecule has 1 rings (SSSR count). The lowest BCUT2D eigenvalue weighted by Crippen LogP contribution is -2.23. The lowest BCUT2D eigenvalue weighted by Gasteiger charge is -2.25. The molecule has 0 unspecified atom stereocenters. The first kappa shape index (κ1) is 21.6. The molecular formula is C18H23ClO7. The summed E-state index contributed by atoms with van der Waals surface area (Å²) in [7, 11) is 5.78. The standard InChI is InChI=1S/C18H23ClO7/c1-11(26-17(21)10-19)13(6-7-16(20)25-5)18-14(23-3)8-12(22-2)9-15(18)24-4/h6-9,11,13H,10H2,1-5H3/b7-6+/t11-,13+/m1/s1. The van der Waals surface area contributed by atoms with E-state index in [4.69, 9.17) is 30.5 Å². The third kappa shape index (κ3) is 5.56. The molecule has 0 aliphatic carbocycles. The van der Waals surface area contributed by atoms with E-state index in [1.807, 2.05) is 0 Å². The highest BCUT2D eigenvalue weighted by atomic mass is 35.5. The maximum atomic E-state index is 11.6. The number of esters is 2. The summed E-state index contributed by atoms with van der Waals surface area (Å²) in [5, 5.41) is 0. The Balaban J connectivity index is 3.47. The van der Waals surface area contributed by atoms with Gasteiger partial charge in [0.25, 0.3) is 0 Å².